The quantitative estimate of drug-likeness (QED) is 0.658. The second kappa shape index (κ2) is 8.09. The molecule has 0 aromatic heterocycles. The van der Waals surface area contributed by atoms with Crippen molar-refractivity contribution >= 4 is 10.0 Å². The van der Waals surface area contributed by atoms with Crippen molar-refractivity contribution in [2.75, 3.05) is 13.2 Å². The van der Waals surface area contributed by atoms with Crippen molar-refractivity contribution in [3.63, 3.8) is 0 Å². The standard InChI is InChI=1S/C25H30N2O6S/c1-16-9-11-19(12-10-16)34(28,29)27-14-18-15-30-26(13-17-7-5-4-6-8-17)20(18)22-21(27)23-24(31-22)33-25(2,3)32-23/h4-12,18,20-24H,13-15H2,1-3H3/t18-,20+,21+,22-,23-,24-/m1/s1. The van der Waals surface area contributed by atoms with Gasteiger partial charge in [0.15, 0.2) is 12.1 Å². The number of hydrogen-bond donors (Lipinski definition) is 0. The first-order chi connectivity index (χ1) is 16.2. The normalized spacial score (nSPS) is 35.1. The topological polar surface area (TPSA) is 77.5 Å². The average Bonchev–Trinajstić information content (AvgIpc) is 3.44. The minimum atomic E-state index is -3.78. The Morgan fingerprint density at radius 2 is 1.71 bits per heavy atom. The zero-order chi connectivity index (χ0) is 23.7. The van der Waals surface area contributed by atoms with Crippen molar-refractivity contribution in [3.8, 4) is 0 Å². The van der Waals surface area contributed by atoms with Gasteiger partial charge in [0, 0.05) is 19.0 Å². The summed E-state index contributed by atoms with van der Waals surface area (Å²) in [6.07, 6.45) is -1.57. The smallest absolute Gasteiger partial charge is 0.243 e. The molecule has 6 atom stereocenters. The fourth-order valence-electron chi connectivity index (χ4n) is 5.70. The number of aryl methyl sites for hydroxylation is 1. The second-order valence-electron chi connectivity index (χ2n) is 10.1. The Balaban J connectivity index is 1.36. The van der Waals surface area contributed by atoms with Crippen LogP contribution in [0, 0.1) is 12.8 Å². The van der Waals surface area contributed by atoms with Gasteiger partial charge < -0.3 is 14.2 Å². The van der Waals surface area contributed by atoms with Crippen LogP contribution in [-0.2, 0) is 35.6 Å². The molecule has 4 saturated heterocycles. The molecule has 0 N–H and O–H groups in total. The maximum Gasteiger partial charge on any atom is 0.243 e. The molecule has 0 saturated carbocycles. The van der Waals surface area contributed by atoms with Gasteiger partial charge in [0.25, 0.3) is 0 Å². The second-order valence-corrected chi connectivity index (χ2v) is 11.9. The van der Waals surface area contributed by atoms with Crippen LogP contribution in [0.15, 0.2) is 59.5 Å². The monoisotopic (exact) mass is 486 g/mol. The molecule has 2 aromatic rings. The molecular formula is C25H30N2O6S. The van der Waals surface area contributed by atoms with Crippen LogP contribution >= 0.6 is 0 Å². The molecule has 4 aliphatic heterocycles. The summed E-state index contributed by atoms with van der Waals surface area (Å²) < 4.78 is 48.0. The lowest BCUT2D eigenvalue weighted by Gasteiger charge is -2.44. The fraction of sp³-hybridized carbons (Fsp3) is 0.520. The lowest BCUT2D eigenvalue weighted by atomic mass is 9.86. The molecule has 0 radical (unpaired) electrons. The highest BCUT2D eigenvalue weighted by atomic mass is 32.2. The summed E-state index contributed by atoms with van der Waals surface area (Å²) in [6.45, 7) is 6.97. The van der Waals surface area contributed by atoms with E-state index < -0.39 is 40.4 Å². The Kier molecular flexibility index (Phi) is 5.38. The number of rotatable bonds is 4. The first-order valence-corrected chi connectivity index (χ1v) is 13.2. The van der Waals surface area contributed by atoms with Crippen molar-refractivity contribution < 1.29 is 27.5 Å². The molecule has 9 heteroatoms. The van der Waals surface area contributed by atoms with E-state index in [0.29, 0.717) is 19.7 Å². The van der Waals surface area contributed by atoms with Gasteiger partial charge in [-0.05, 0) is 38.5 Å². The van der Waals surface area contributed by atoms with E-state index in [-0.39, 0.29) is 16.9 Å². The molecule has 8 nitrogen and oxygen atoms in total. The zero-order valence-electron chi connectivity index (χ0n) is 19.5. The third kappa shape index (κ3) is 3.71. The van der Waals surface area contributed by atoms with E-state index in [1.807, 2.05) is 56.2 Å². The largest absolute Gasteiger partial charge is 0.343 e. The van der Waals surface area contributed by atoms with Gasteiger partial charge in [-0.25, -0.2) is 8.42 Å². The number of nitrogens with zero attached hydrogens (tertiary/aromatic N) is 2. The number of sulfonamides is 1. The summed E-state index contributed by atoms with van der Waals surface area (Å²) in [4.78, 5) is 6.38. The van der Waals surface area contributed by atoms with Crippen LogP contribution < -0.4 is 0 Å². The third-order valence-electron chi connectivity index (χ3n) is 7.21. The fourth-order valence-corrected chi connectivity index (χ4v) is 7.40. The number of hydroxylamine groups is 2. The highest BCUT2D eigenvalue weighted by Crippen LogP contribution is 2.47. The van der Waals surface area contributed by atoms with Crippen LogP contribution in [0.5, 0.6) is 0 Å². The van der Waals surface area contributed by atoms with Gasteiger partial charge >= 0.3 is 0 Å². The predicted octanol–water partition coefficient (Wildman–Crippen LogP) is 2.68. The molecule has 0 unspecified atom stereocenters. The maximum absolute atomic E-state index is 13.9. The molecule has 0 amide bonds. The molecular weight excluding hydrogens is 456 g/mol. The van der Waals surface area contributed by atoms with Crippen molar-refractivity contribution in [2.24, 2.45) is 5.92 Å². The Bertz CT molecular complexity index is 1160. The Hall–Kier alpha value is -1.85. The molecule has 2 aromatic carbocycles. The van der Waals surface area contributed by atoms with E-state index in [1.165, 1.54) is 0 Å². The van der Waals surface area contributed by atoms with Crippen molar-refractivity contribution in [1.29, 1.82) is 0 Å². The van der Waals surface area contributed by atoms with Crippen molar-refractivity contribution in [1.82, 2.24) is 9.37 Å². The van der Waals surface area contributed by atoms with Crippen molar-refractivity contribution in [3.05, 3.63) is 65.7 Å². The number of piperidine rings is 1. The highest BCUT2D eigenvalue weighted by molar-refractivity contribution is 7.89. The summed E-state index contributed by atoms with van der Waals surface area (Å²) in [6, 6.07) is 16.5. The van der Waals surface area contributed by atoms with Gasteiger partial charge in [0.2, 0.25) is 10.0 Å². The van der Waals surface area contributed by atoms with Crippen LogP contribution in [0.4, 0.5) is 0 Å². The van der Waals surface area contributed by atoms with Crippen molar-refractivity contribution in [2.45, 2.75) is 68.6 Å². The molecule has 182 valence electrons. The van der Waals surface area contributed by atoms with Gasteiger partial charge in [-0.15, -0.1) is 0 Å². The summed E-state index contributed by atoms with van der Waals surface area (Å²) in [5.41, 5.74) is 2.14. The SMILES string of the molecule is Cc1ccc(S(=O)(=O)N2C[C@@H]3CON(Cc4ccccc4)[C@@H]3[C@H]3O[C@@H]4OC(C)(C)O[C@@H]4[C@H]32)cc1. The van der Waals surface area contributed by atoms with E-state index >= 15 is 0 Å². The Labute approximate surface area is 200 Å². The Morgan fingerprint density at radius 1 is 0.971 bits per heavy atom. The minimum Gasteiger partial charge on any atom is -0.343 e. The zero-order valence-corrected chi connectivity index (χ0v) is 20.4. The number of hydrogen-bond acceptors (Lipinski definition) is 7. The van der Waals surface area contributed by atoms with E-state index in [2.05, 4.69) is 12.1 Å². The summed E-state index contributed by atoms with van der Waals surface area (Å²) in [5, 5.41) is 1.96. The molecule has 4 fully saturated rings. The first-order valence-electron chi connectivity index (χ1n) is 11.8. The van der Waals surface area contributed by atoms with Gasteiger partial charge in [0.05, 0.1) is 29.7 Å². The number of ether oxygens (including phenoxy) is 3. The highest BCUT2D eigenvalue weighted by Gasteiger charge is 2.65. The van der Waals surface area contributed by atoms with Crippen LogP contribution in [0.25, 0.3) is 0 Å². The third-order valence-corrected chi connectivity index (χ3v) is 9.09. The molecule has 4 heterocycles. The van der Waals surface area contributed by atoms with Gasteiger partial charge in [-0.2, -0.15) is 9.37 Å². The number of benzene rings is 2. The maximum atomic E-state index is 13.9. The van der Waals surface area contributed by atoms with Crippen LogP contribution in [-0.4, -0.2) is 67.3 Å². The van der Waals surface area contributed by atoms with Gasteiger partial charge in [-0.3, -0.25) is 4.84 Å². The summed E-state index contributed by atoms with van der Waals surface area (Å²) >= 11 is 0. The minimum absolute atomic E-state index is 0.0305. The molecule has 34 heavy (non-hydrogen) atoms. The van der Waals surface area contributed by atoms with E-state index in [4.69, 9.17) is 19.0 Å². The van der Waals surface area contributed by atoms with E-state index in [1.54, 1.807) is 16.4 Å². The predicted molar refractivity (Wildman–Crippen MR) is 123 cm³/mol. The van der Waals surface area contributed by atoms with Crippen LogP contribution in [0.2, 0.25) is 0 Å². The molecule has 0 aliphatic carbocycles. The van der Waals surface area contributed by atoms with Crippen LogP contribution in [0.3, 0.4) is 0 Å². The molecule has 0 bridgehead atoms. The number of fused-ring (bicyclic) bond motifs is 5. The molecule has 6 rings (SSSR count). The molecule has 4 aliphatic rings. The molecule has 0 spiro atoms. The van der Waals surface area contributed by atoms with Gasteiger partial charge in [0.1, 0.15) is 6.10 Å². The summed E-state index contributed by atoms with van der Waals surface area (Å²) in [7, 11) is -3.78. The van der Waals surface area contributed by atoms with Gasteiger partial charge in [-0.1, -0.05) is 48.0 Å². The average molecular weight is 487 g/mol. The lowest BCUT2D eigenvalue weighted by molar-refractivity contribution is -0.232. The van der Waals surface area contributed by atoms with Crippen LogP contribution in [0.1, 0.15) is 25.0 Å². The lowest BCUT2D eigenvalue weighted by Crippen LogP contribution is -2.63. The summed E-state index contributed by atoms with van der Waals surface area (Å²) in [5.74, 6) is -0.871. The Morgan fingerprint density at radius 3 is 2.44 bits per heavy atom. The van der Waals surface area contributed by atoms with E-state index in [0.717, 1.165) is 11.1 Å². The first kappa shape index (κ1) is 22.6. The van der Waals surface area contributed by atoms with E-state index in [9.17, 15) is 8.42 Å².